The fourth-order valence-electron chi connectivity index (χ4n) is 3.01. The van der Waals surface area contributed by atoms with Crippen LogP contribution in [-0.4, -0.2) is 21.9 Å². The maximum Gasteiger partial charge on any atom is 0.257 e. The number of nitrogens with zero attached hydrogens (tertiary/aromatic N) is 1. The summed E-state index contributed by atoms with van der Waals surface area (Å²) in [5.74, 6) is -0.436. The van der Waals surface area contributed by atoms with Crippen molar-refractivity contribution in [2.24, 2.45) is 0 Å². The van der Waals surface area contributed by atoms with Gasteiger partial charge in [0.1, 0.15) is 0 Å². The maximum atomic E-state index is 12.5. The molecule has 0 spiro atoms. The number of fused-ring (bicyclic) bond motifs is 1. The van der Waals surface area contributed by atoms with E-state index in [1.165, 1.54) is 18.3 Å². The Labute approximate surface area is 188 Å². The largest absolute Gasteiger partial charge is 0.326 e. The van der Waals surface area contributed by atoms with Crippen molar-refractivity contribution in [2.45, 2.75) is 6.92 Å². The number of anilines is 2. The zero-order valence-electron chi connectivity index (χ0n) is 16.5. The Balaban J connectivity index is 1.40. The van der Waals surface area contributed by atoms with Crippen molar-refractivity contribution < 1.29 is 9.59 Å². The van der Waals surface area contributed by atoms with E-state index in [-0.39, 0.29) is 16.9 Å². The molecule has 0 aliphatic rings. The maximum absolute atomic E-state index is 12.5. The number of aromatic nitrogens is 1. The van der Waals surface area contributed by atoms with E-state index in [4.69, 9.17) is 12.2 Å². The molecular weight excluding hydrogens is 428 g/mol. The van der Waals surface area contributed by atoms with Gasteiger partial charge < -0.3 is 10.6 Å². The van der Waals surface area contributed by atoms with Crippen LogP contribution in [0, 0.1) is 0 Å². The summed E-state index contributed by atoms with van der Waals surface area (Å²) in [6.45, 7) is 1.46. The molecule has 0 fully saturated rings. The van der Waals surface area contributed by atoms with Gasteiger partial charge in [-0.1, -0.05) is 53.8 Å². The quantitative estimate of drug-likeness (QED) is 0.382. The molecule has 8 heteroatoms. The van der Waals surface area contributed by atoms with Crippen molar-refractivity contribution in [1.29, 1.82) is 0 Å². The molecule has 0 radical (unpaired) electrons. The minimum Gasteiger partial charge on any atom is -0.326 e. The summed E-state index contributed by atoms with van der Waals surface area (Å²) in [5.41, 5.74) is 4.10. The van der Waals surface area contributed by atoms with Crippen LogP contribution in [0.25, 0.3) is 21.3 Å². The average molecular weight is 447 g/mol. The molecule has 6 nitrogen and oxygen atoms in total. The van der Waals surface area contributed by atoms with Crippen LogP contribution in [0.3, 0.4) is 0 Å². The Morgan fingerprint density at radius 3 is 2.32 bits per heavy atom. The van der Waals surface area contributed by atoms with E-state index in [9.17, 15) is 9.59 Å². The standard InChI is InChI=1S/C23H18N4O2S2/c1-14(28)24-18-11-12-19-20(13-18)31-23(25-19)27-22(30)26-21(29)17-9-7-16(8-10-17)15-5-3-2-4-6-15/h2-13H,1H3,(H,24,28)(H2,25,26,27,29,30). The van der Waals surface area contributed by atoms with Crippen LogP contribution in [0.15, 0.2) is 72.8 Å². The number of hydrogen-bond acceptors (Lipinski definition) is 5. The summed E-state index contributed by atoms with van der Waals surface area (Å²) in [6.07, 6.45) is 0. The molecule has 0 aliphatic carbocycles. The van der Waals surface area contributed by atoms with E-state index in [2.05, 4.69) is 20.9 Å². The molecule has 2 amide bonds. The van der Waals surface area contributed by atoms with Crippen LogP contribution < -0.4 is 16.0 Å². The van der Waals surface area contributed by atoms with E-state index >= 15 is 0 Å². The summed E-state index contributed by atoms with van der Waals surface area (Å²) < 4.78 is 0.888. The Bertz CT molecular complexity index is 1270. The van der Waals surface area contributed by atoms with Crippen molar-refractivity contribution in [3.8, 4) is 11.1 Å². The first-order valence-electron chi connectivity index (χ1n) is 9.44. The fourth-order valence-corrected chi connectivity index (χ4v) is 4.17. The third-order valence-corrected chi connectivity index (χ3v) is 5.55. The average Bonchev–Trinajstić information content (AvgIpc) is 3.15. The van der Waals surface area contributed by atoms with Gasteiger partial charge >= 0.3 is 0 Å². The molecule has 1 aromatic heterocycles. The van der Waals surface area contributed by atoms with Crippen LogP contribution in [0.4, 0.5) is 10.8 Å². The molecule has 4 rings (SSSR count). The summed E-state index contributed by atoms with van der Waals surface area (Å²) in [6, 6.07) is 22.7. The van der Waals surface area contributed by atoms with Crippen molar-refractivity contribution >= 4 is 61.5 Å². The van der Waals surface area contributed by atoms with Gasteiger partial charge in [0.25, 0.3) is 5.91 Å². The zero-order valence-corrected chi connectivity index (χ0v) is 18.1. The molecule has 0 aliphatic heterocycles. The van der Waals surface area contributed by atoms with Gasteiger partial charge in [0.15, 0.2) is 10.2 Å². The van der Waals surface area contributed by atoms with Gasteiger partial charge in [-0.05, 0) is 53.7 Å². The van der Waals surface area contributed by atoms with Crippen molar-refractivity contribution in [2.75, 3.05) is 10.6 Å². The van der Waals surface area contributed by atoms with Gasteiger partial charge in [0, 0.05) is 18.2 Å². The Kier molecular flexibility index (Phi) is 6.01. The Hall–Kier alpha value is -3.62. The Morgan fingerprint density at radius 2 is 1.61 bits per heavy atom. The predicted molar refractivity (Wildman–Crippen MR) is 129 cm³/mol. The predicted octanol–water partition coefficient (Wildman–Crippen LogP) is 5.05. The SMILES string of the molecule is CC(=O)Nc1ccc2nc(NC(=S)NC(=O)c3ccc(-c4ccccc4)cc3)sc2c1. The minimum absolute atomic E-state index is 0.136. The molecule has 0 atom stereocenters. The number of hydrogen-bond donors (Lipinski definition) is 3. The van der Waals surface area contributed by atoms with Gasteiger partial charge in [0.05, 0.1) is 10.2 Å². The molecule has 1 heterocycles. The van der Waals surface area contributed by atoms with Crippen LogP contribution in [0.1, 0.15) is 17.3 Å². The van der Waals surface area contributed by atoms with Crippen molar-refractivity contribution in [3.05, 3.63) is 78.4 Å². The van der Waals surface area contributed by atoms with E-state index in [1.54, 1.807) is 18.2 Å². The van der Waals surface area contributed by atoms with Crippen molar-refractivity contribution in [1.82, 2.24) is 10.3 Å². The molecule has 31 heavy (non-hydrogen) atoms. The lowest BCUT2D eigenvalue weighted by Gasteiger charge is -2.08. The highest BCUT2D eigenvalue weighted by atomic mass is 32.1. The minimum atomic E-state index is -0.300. The van der Waals surface area contributed by atoms with Gasteiger partial charge in [-0.2, -0.15) is 0 Å². The highest BCUT2D eigenvalue weighted by Gasteiger charge is 2.11. The third-order valence-electron chi connectivity index (χ3n) is 4.41. The van der Waals surface area contributed by atoms with Crippen LogP contribution in [-0.2, 0) is 4.79 Å². The summed E-state index contributed by atoms with van der Waals surface area (Å²) in [7, 11) is 0. The molecule has 154 valence electrons. The number of amides is 2. The monoisotopic (exact) mass is 446 g/mol. The molecule has 3 N–H and O–H groups in total. The zero-order chi connectivity index (χ0) is 21.8. The lowest BCUT2D eigenvalue weighted by molar-refractivity contribution is -0.114. The Morgan fingerprint density at radius 1 is 0.903 bits per heavy atom. The number of thiazole rings is 1. The number of nitrogens with one attached hydrogen (secondary N) is 3. The second-order valence-corrected chi connectivity index (χ2v) is 8.17. The number of carbonyl (C=O) groups is 2. The number of benzene rings is 3. The highest BCUT2D eigenvalue weighted by Crippen LogP contribution is 2.28. The van der Waals surface area contributed by atoms with Crippen molar-refractivity contribution in [3.63, 3.8) is 0 Å². The molecule has 0 unspecified atom stereocenters. The summed E-state index contributed by atoms with van der Waals surface area (Å²) in [4.78, 5) is 28.2. The highest BCUT2D eigenvalue weighted by molar-refractivity contribution is 7.80. The molecule has 4 aromatic rings. The molecule has 0 saturated heterocycles. The first-order valence-corrected chi connectivity index (χ1v) is 10.7. The number of carbonyl (C=O) groups excluding carboxylic acids is 2. The topological polar surface area (TPSA) is 83.1 Å². The van der Waals surface area contributed by atoms with E-state index in [1.807, 2.05) is 54.6 Å². The lowest BCUT2D eigenvalue weighted by atomic mass is 10.0. The third kappa shape index (κ3) is 5.11. The molecule has 0 saturated carbocycles. The van der Waals surface area contributed by atoms with Gasteiger partial charge in [0.2, 0.25) is 5.91 Å². The van der Waals surface area contributed by atoms with Crippen LogP contribution in [0.2, 0.25) is 0 Å². The molecular formula is C23H18N4O2S2. The van der Waals surface area contributed by atoms with Crippen LogP contribution in [0.5, 0.6) is 0 Å². The van der Waals surface area contributed by atoms with Gasteiger partial charge in [-0.25, -0.2) is 4.98 Å². The van der Waals surface area contributed by atoms with E-state index in [0.29, 0.717) is 16.4 Å². The van der Waals surface area contributed by atoms with Gasteiger partial charge in [-0.3, -0.25) is 14.9 Å². The number of rotatable bonds is 4. The van der Waals surface area contributed by atoms with E-state index in [0.717, 1.165) is 21.3 Å². The smallest absolute Gasteiger partial charge is 0.257 e. The summed E-state index contributed by atoms with van der Waals surface area (Å²) >= 11 is 6.65. The van der Waals surface area contributed by atoms with Crippen LogP contribution >= 0.6 is 23.6 Å². The molecule has 3 aromatic carbocycles. The first-order chi connectivity index (χ1) is 15.0. The fraction of sp³-hybridized carbons (Fsp3) is 0.0435. The number of thiocarbonyl (C=S) groups is 1. The first kappa shape index (κ1) is 20.6. The summed E-state index contributed by atoms with van der Waals surface area (Å²) in [5, 5.41) is 9.09. The van der Waals surface area contributed by atoms with Gasteiger partial charge in [-0.15, -0.1) is 0 Å². The second-order valence-electron chi connectivity index (χ2n) is 6.73. The normalized spacial score (nSPS) is 10.5. The second kappa shape index (κ2) is 9.03. The molecule has 0 bridgehead atoms. The lowest BCUT2D eigenvalue weighted by Crippen LogP contribution is -2.34. The van der Waals surface area contributed by atoms with E-state index < -0.39 is 0 Å².